The van der Waals surface area contributed by atoms with Gasteiger partial charge < -0.3 is 14.6 Å². The fourth-order valence-corrected chi connectivity index (χ4v) is 4.35. The van der Waals surface area contributed by atoms with Crippen LogP contribution in [0.5, 0.6) is 5.75 Å². The lowest BCUT2D eigenvalue weighted by Gasteiger charge is -2.24. The van der Waals surface area contributed by atoms with Crippen LogP contribution in [0, 0.1) is 5.82 Å². The first-order valence-corrected chi connectivity index (χ1v) is 11.0. The van der Waals surface area contributed by atoms with Crippen LogP contribution in [-0.4, -0.2) is 44.1 Å². The third kappa shape index (κ3) is 5.60. The van der Waals surface area contributed by atoms with Crippen LogP contribution in [0.4, 0.5) is 10.1 Å². The summed E-state index contributed by atoms with van der Waals surface area (Å²) in [5, 5.41) is 2.69. The van der Waals surface area contributed by atoms with Gasteiger partial charge >= 0.3 is 0 Å². The Morgan fingerprint density at radius 1 is 1.19 bits per heavy atom. The molecule has 3 aromatic rings. The molecule has 0 spiro atoms. The summed E-state index contributed by atoms with van der Waals surface area (Å²) in [6, 6.07) is 11.1. The van der Waals surface area contributed by atoms with Crippen LogP contribution in [-0.2, 0) is 21.4 Å². The number of sulfonamides is 1. The minimum absolute atomic E-state index is 0.0792. The Hall–Kier alpha value is -3.40. The second kappa shape index (κ2) is 10.1. The maximum Gasteiger partial charge on any atom is 0.264 e. The van der Waals surface area contributed by atoms with Crippen molar-refractivity contribution in [3.63, 3.8) is 0 Å². The summed E-state index contributed by atoms with van der Waals surface area (Å²) in [6.45, 7) is 0.437. The lowest BCUT2D eigenvalue weighted by molar-refractivity contribution is -0.119. The number of aryl methyl sites for hydroxylation is 1. The highest BCUT2D eigenvalue weighted by molar-refractivity contribution is 7.92. The van der Waals surface area contributed by atoms with Gasteiger partial charge in [-0.1, -0.05) is 12.1 Å². The minimum atomic E-state index is -4.20. The van der Waals surface area contributed by atoms with Gasteiger partial charge in [0, 0.05) is 25.5 Å². The number of imidazole rings is 1. The molecule has 1 amide bonds. The molecule has 164 valence electrons. The summed E-state index contributed by atoms with van der Waals surface area (Å²) in [6.07, 6.45) is 5.77. The highest BCUT2D eigenvalue weighted by Crippen LogP contribution is 2.27. The van der Waals surface area contributed by atoms with Crippen molar-refractivity contribution in [2.45, 2.75) is 17.9 Å². The molecule has 0 radical (unpaired) electrons. The quantitative estimate of drug-likeness (QED) is 0.483. The zero-order chi connectivity index (χ0) is 22.3. The second-order valence-electron chi connectivity index (χ2n) is 6.64. The molecule has 0 bridgehead atoms. The number of hydrogen-bond donors (Lipinski definition) is 1. The number of carbonyl (C=O) groups excluding carboxylic acids is 1. The van der Waals surface area contributed by atoms with Crippen LogP contribution < -0.4 is 14.4 Å². The van der Waals surface area contributed by atoms with Crippen molar-refractivity contribution in [2.75, 3.05) is 24.5 Å². The average molecular weight is 447 g/mol. The zero-order valence-electron chi connectivity index (χ0n) is 16.9. The number of rotatable bonds is 10. The number of methoxy groups -OCH3 is 1. The molecule has 31 heavy (non-hydrogen) atoms. The van der Waals surface area contributed by atoms with Gasteiger partial charge in [0.25, 0.3) is 10.0 Å². The highest BCUT2D eigenvalue weighted by atomic mass is 32.2. The first-order valence-electron chi connectivity index (χ1n) is 9.55. The number of anilines is 1. The lowest BCUT2D eigenvalue weighted by Crippen LogP contribution is -2.41. The predicted octanol–water partition coefficient (Wildman–Crippen LogP) is 2.43. The number of nitrogens with one attached hydrogen (secondary N) is 1. The van der Waals surface area contributed by atoms with Gasteiger partial charge in [-0.2, -0.15) is 0 Å². The number of amides is 1. The summed E-state index contributed by atoms with van der Waals surface area (Å²) in [7, 11) is -2.73. The van der Waals surface area contributed by atoms with Gasteiger partial charge in [0.05, 0.1) is 24.0 Å². The molecule has 8 nitrogen and oxygen atoms in total. The molecule has 1 N–H and O–H groups in total. The van der Waals surface area contributed by atoms with Crippen molar-refractivity contribution in [1.29, 1.82) is 0 Å². The van der Waals surface area contributed by atoms with E-state index < -0.39 is 28.3 Å². The molecule has 0 aliphatic rings. The van der Waals surface area contributed by atoms with Crippen molar-refractivity contribution in [2.24, 2.45) is 0 Å². The topological polar surface area (TPSA) is 93.5 Å². The Morgan fingerprint density at radius 2 is 1.94 bits per heavy atom. The smallest absolute Gasteiger partial charge is 0.264 e. The van der Waals surface area contributed by atoms with Crippen LogP contribution in [0.25, 0.3) is 0 Å². The van der Waals surface area contributed by atoms with E-state index in [9.17, 15) is 17.6 Å². The Kier molecular flexibility index (Phi) is 7.24. The first kappa shape index (κ1) is 22.3. The van der Waals surface area contributed by atoms with E-state index in [1.165, 1.54) is 49.6 Å². The second-order valence-corrected chi connectivity index (χ2v) is 8.50. The van der Waals surface area contributed by atoms with E-state index >= 15 is 0 Å². The third-order valence-electron chi connectivity index (χ3n) is 4.53. The van der Waals surface area contributed by atoms with Gasteiger partial charge in [0.15, 0.2) is 0 Å². The molecule has 2 aromatic carbocycles. The molecular weight excluding hydrogens is 423 g/mol. The fourth-order valence-electron chi connectivity index (χ4n) is 2.92. The van der Waals surface area contributed by atoms with Crippen molar-refractivity contribution in [3.8, 4) is 5.75 Å². The van der Waals surface area contributed by atoms with Crippen LogP contribution in [0.15, 0.2) is 72.1 Å². The van der Waals surface area contributed by atoms with Crippen molar-refractivity contribution < 1.29 is 22.3 Å². The van der Waals surface area contributed by atoms with Crippen molar-refractivity contribution in [1.82, 2.24) is 14.9 Å². The Balaban J connectivity index is 1.76. The molecular formula is C21H23FN4O4S. The molecule has 0 aliphatic carbocycles. The number of benzene rings is 2. The molecule has 1 heterocycles. The first-order chi connectivity index (χ1) is 14.9. The largest absolute Gasteiger partial charge is 0.497 e. The van der Waals surface area contributed by atoms with Gasteiger partial charge in [0.2, 0.25) is 5.91 Å². The average Bonchev–Trinajstić information content (AvgIpc) is 3.29. The molecule has 0 saturated carbocycles. The van der Waals surface area contributed by atoms with E-state index in [2.05, 4.69) is 10.3 Å². The standard InChI is InChI=1S/C21H23FN4O4S/c1-30-17-7-9-18(10-8-17)31(28,29)26(20-6-3-2-5-19(20)22)15-21(27)24-11-4-13-25-14-12-23-16-25/h2-3,5-10,12,14,16H,4,11,13,15H2,1H3,(H,24,27). The monoisotopic (exact) mass is 446 g/mol. The van der Waals surface area contributed by atoms with Crippen LogP contribution >= 0.6 is 0 Å². The van der Waals surface area contributed by atoms with Gasteiger partial charge in [0.1, 0.15) is 18.1 Å². The van der Waals surface area contributed by atoms with Gasteiger partial charge in [-0.25, -0.2) is 17.8 Å². The van der Waals surface area contributed by atoms with Crippen LogP contribution in [0.3, 0.4) is 0 Å². The Labute approximate surface area is 180 Å². The summed E-state index contributed by atoms with van der Waals surface area (Å²) in [5.41, 5.74) is -0.202. The number of carbonyl (C=O) groups is 1. The fraction of sp³-hybridized carbons (Fsp3) is 0.238. The molecule has 3 rings (SSSR count). The van der Waals surface area contributed by atoms with E-state index in [1.807, 2.05) is 10.8 Å². The maximum absolute atomic E-state index is 14.5. The maximum atomic E-state index is 14.5. The van der Waals surface area contributed by atoms with E-state index in [1.54, 1.807) is 12.5 Å². The third-order valence-corrected chi connectivity index (χ3v) is 6.30. The summed E-state index contributed by atoms with van der Waals surface area (Å²) in [5.74, 6) is -0.800. The molecule has 0 atom stereocenters. The summed E-state index contributed by atoms with van der Waals surface area (Å²) < 4.78 is 48.6. The number of para-hydroxylation sites is 1. The van der Waals surface area contributed by atoms with Gasteiger partial charge in [-0.15, -0.1) is 0 Å². The summed E-state index contributed by atoms with van der Waals surface area (Å²) in [4.78, 5) is 16.4. The highest BCUT2D eigenvalue weighted by Gasteiger charge is 2.29. The Morgan fingerprint density at radius 3 is 2.58 bits per heavy atom. The van der Waals surface area contributed by atoms with Gasteiger partial charge in [-0.05, 0) is 42.8 Å². The van der Waals surface area contributed by atoms with E-state index in [0.717, 1.165) is 10.4 Å². The zero-order valence-corrected chi connectivity index (χ0v) is 17.8. The molecule has 0 saturated heterocycles. The number of ether oxygens (including phenoxy) is 1. The van der Waals surface area contributed by atoms with Gasteiger partial charge in [-0.3, -0.25) is 9.10 Å². The van der Waals surface area contributed by atoms with Crippen LogP contribution in [0.2, 0.25) is 0 Å². The SMILES string of the molecule is COc1ccc(S(=O)(=O)N(CC(=O)NCCCn2ccnc2)c2ccccc2F)cc1. The molecule has 10 heteroatoms. The molecule has 0 unspecified atom stereocenters. The van der Waals surface area contributed by atoms with E-state index in [0.29, 0.717) is 25.3 Å². The molecule has 1 aromatic heterocycles. The summed E-state index contributed by atoms with van der Waals surface area (Å²) >= 11 is 0. The van der Waals surface area contributed by atoms with Crippen molar-refractivity contribution in [3.05, 3.63) is 73.1 Å². The molecule has 0 aliphatic heterocycles. The minimum Gasteiger partial charge on any atom is -0.497 e. The van der Waals surface area contributed by atoms with E-state index in [-0.39, 0.29) is 10.6 Å². The number of nitrogens with zero attached hydrogens (tertiary/aromatic N) is 3. The number of halogens is 1. The number of aromatic nitrogens is 2. The van der Waals surface area contributed by atoms with Crippen molar-refractivity contribution >= 4 is 21.6 Å². The Bertz CT molecular complexity index is 1100. The predicted molar refractivity (Wildman–Crippen MR) is 114 cm³/mol. The normalized spacial score (nSPS) is 11.2. The van der Waals surface area contributed by atoms with E-state index in [4.69, 9.17) is 4.74 Å². The van der Waals surface area contributed by atoms with Crippen LogP contribution in [0.1, 0.15) is 6.42 Å². The molecule has 0 fully saturated rings. The number of hydrogen-bond acceptors (Lipinski definition) is 5. The lowest BCUT2D eigenvalue weighted by atomic mass is 10.3.